The second-order valence-corrected chi connectivity index (χ2v) is 16.5. The Morgan fingerprint density at radius 3 is 1.46 bits per heavy atom. The Morgan fingerprint density at radius 1 is 0.268 bits per heavy atom. The first-order chi connectivity index (χ1) is 27.7. The lowest BCUT2D eigenvalue weighted by atomic mass is 9.92. The molecule has 0 aliphatic heterocycles. The van der Waals surface area contributed by atoms with Crippen molar-refractivity contribution in [3.8, 4) is 45.3 Å². The average Bonchev–Trinajstić information content (AvgIpc) is 3.84. The molecule has 0 spiro atoms. The van der Waals surface area contributed by atoms with Gasteiger partial charge in [-0.3, -0.25) is 0 Å². The van der Waals surface area contributed by atoms with Gasteiger partial charge < -0.3 is 0 Å². The molecule has 3 heterocycles. The van der Waals surface area contributed by atoms with Crippen molar-refractivity contribution in [3.63, 3.8) is 0 Å². The van der Waals surface area contributed by atoms with Crippen LogP contribution in [0.4, 0.5) is 0 Å². The van der Waals surface area contributed by atoms with Gasteiger partial charge in [0.1, 0.15) is 0 Å². The molecule has 5 heteroatoms. The topological polar surface area (TPSA) is 38.7 Å². The monoisotopic (exact) mass is 747 g/mol. The standard InChI is InChI=1S/C51H29N3S2/c1-2-11-30(12-3-1)49-52-50(54-51(53-49)43-19-10-18-42-39-17-8-9-20-45(39)56-48(42)43)33-23-26-41-40-25-22-32(28-46(40)55-47(41)29-33)31-21-24-38-36-15-5-4-13-34(36)35-14-6-7-16-37(35)44(38)27-31/h1-29H. The van der Waals surface area contributed by atoms with Crippen molar-refractivity contribution in [2.75, 3.05) is 0 Å². The van der Waals surface area contributed by atoms with Gasteiger partial charge in [-0.1, -0.05) is 146 Å². The lowest BCUT2D eigenvalue weighted by molar-refractivity contribution is 1.08. The first-order valence-electron chi connectivity index (χ1n) is 18.8. The Labute approximate surface area is 329 Å². The molecule has 260 valence electrons. The van der Waals surface area contributed by atoms with Crippen molar-refractivity contribution in [1.29, 1.82) is 0 Å². The maximum atomic E-state index is 5.19. The van der Waals surface area contributed by atoms with Crippen molar-refractivity contribution in [2.24, 2.45) is 0 Å². The highest BCUT2D eigenvalue weighted by Gasteiger charge is 2.18. The molecule has 12 aromatic rings. The normalized spacial score (nSPS) is 11.9. The van der Waals surface area contributed by atoms with Crippen LogP contribution in [0, 0.1) is 0 Å². The van der Waals surface area contributed by atoms with Gasteiger partial charge in [-0.05, 0) is 73.8 Å². The van der Waals surface area contributed by atoms with Gasteiger partial charge in [0.2, 0.25) is 0 Å². The van der Waals surface area contributed by atoms with E-state index in [0.29, 0.717) is 17.5 Å². The molecule has 56 heavy (non-hydrogen) atoms. The Morgan fingerprint density at radius 2 is 0.750 bits per heavy atom. The van der Waals surface area contributed by atoms with E-state index in [1.807, 2.05) is 29.5 Å². The second kappa shape index (κ2) is 12.4. The molecule has 0 saturated heterocycles. The van der Waals surface area contributed by atoms with E-state index in [2.05, 4.69) is 158 Å². The van der Waals surface area contributed by atoms with Crippen molar-refractivity contribution in [2.45, 2.75) is 0 Å². The molecule has 0 N–H and O–H groups in total. The molecule has 0 aliphatic carbocycles. The molecular weight excluding hydrogens is 719 g/mol. The Kier molecular flexibility index (Phi) is 6.97. The van der Waals surface area contributed by atoms with Crippen LogP contribution in [-0.2, 0) is 0 Å². The minimum absolute atomic E-state index is 0.668. The summed E-state index contributed by atoms with van der Waals surface area (Å²) in [6.07, 6.45) is 0. The van der Waals surface area contributed by atoms with E-state index in [-0.39, 0.29) is 0 Å². The summed E-state index contributed by atoms with van der Waals surface area (Å²) in [5.41, 5.74) is 5.40. The summed E-state index contributed by atoms with van der Waals surface area (Å²) in [4.78, 5) is 15.4. The summed E-state index contributed by atoms with van der Waals surface area (Å²) in [5, 5.41) is 12.7. The molecule has 12 rings (SSSR count). The summed E-state index contributed by atoms with van der Waals surface area (Å²) in [7, 11) is 0. The number of fused-ring (bicyclic) bond motifs is 12. The minimum atomic E-state index is 0.668. The number of thiophene rings is 2. The molecule has 0 aliphatic rings. The average molecular weight is 748 g/mol. The minimum Gasteiger partial charge on any atom is -0.208 e. The fourth-order valence-electron chi connectivity index (χ4n) is 8.45. The highest BCUT2D eigenvalue weighted by Crippen LogP contribution is 2.42. The zero-order chi connectivity index (χ0) is 36.7. The van der Waals surface area contributed by atoms with Crippen LogP contribution in [0.1, 0.15) is 0 Å². The highest BCUT2D eigenvalue weighted by atomic mass is 32.1. The van der Waals surface area contributed by atoms with Crippen molar-refractivity contribution >= 4 is 95.3 Å². The van der Waals surface area contributed by atoms with Crippen LogP contribution in [0.15, 0.2) is 176 Å². The fourth-order valence-corrected chi connectivity index (χ4v) is 10.8. The molecule has 3 aromatic heterocycles. The number of hydrogen-bond donors (Lipinski definition) is 0. The van der Waals surface area contributed by atoms with Crippen molar-refractivity contribution in [1.82, 2.24) is 15.0 Å². The summed E-state index contributed by atoms with van der Waals surface area (Å²) in [5.74, 6) is 2.02. The van der Waals surface area contributed by atoms with E-state index in [0.717, 1.165) is 16.7 Å². The van der Waals surface area contributed by atoms with Crippen LogP contribution in [0.25, 0.3) is 118 Å². The van der Waals surface area contributed by atoms with Gasteiger partial charge in [0.05, 0.1) is 0 Å². The summed E-state index contributed by atoms with van der Waals surface area (Å²) in [6.45, 7) is 0. The van der Waals surface area contributed by atoms with Crippen molar-refractivity contribution in [3.05, 3.63) is 176 Å². The van der Waals surface area contributed by atoms with Crippen molar-refractivity contribution < 1.29 is 0 Å². The zero-order valence-corrected chi connectivity index (χ0v) is 31.5. The van der Waals surface area contributed by atoms with Gasteiger partial charge in [0.15, 0.2) is 17.5 Å². The smallest absolute Gasteiger partial charge is 0.165 e. The van der Waals surface area contributed by atoms with E-state index >= 15 is 0 Å². The fraction of sp³-hybridized carbons (Fsp3) is 0. The molecule has 0 bridgehead atoms. The lowest BCUT2D eigenvalue weighted by Gasteiger charge is -2.12. The van der Waals surface area contributed by atoms with Crippen LogP contribution in [0.3, 0.4) is 0 Å². The predicted octanol–water partition coefficient (Wildman–Crippen LogP) is 14.7. The van der Waals surface area contributed by atoms with Crippen LogP contribution >= 0.6 is 22.7 Å². The number of aromatic nitrogens is 3. The Bertz CT molecular complexity index is 3510. The van der Waals surface area contributed by atoms with E-state index in [9.17, 15) is 0 Å². The molecule has 0 atom stereocenters. The molecular formula is C51H29N3S2. The van der Waals surface area contributed by atoms with Gasteiger partial charge in [-0.25, -0.2) is 15.0 Å². The highest BCUT2D eigenvalue weighted by molar-refractivity contribution is 7.26. The quantitative estimate of drug-likeness (QED) is 0.168. The largest absolute Gasteiger partial charge is 0.208 e. The maximum Gasteiger partial charge on any atom is 0.165 e. The number of nitrogens with zero attached hydrogens (tertiary/aromatic N) is 3. The molecule has 0 unspecified atom stereocenters. The number of rotatable bonds is 4. The molecule has 0 fully saturated rings. The number of benzene rings is 9. The van der Waals surface area contributed by atoms with Crippen LogP contribution < -0.4 is 0 Å². The lowest BCUT2D eigenvalue weighted by Crippen LogP contribution is -2.00. The van der Waals surface area contributed by atoms with Gasteiger partial charge in [0, 0.05) is 57.0 Å². The van der Waals surface area contributed by atoms with E-state index in [1.165, 1.54) is 83.8 Å². The molecule has 0 saturated carbocycles. The van der Waals surface area contributed by atoms with Crippen LogP contribution in [-0.4, -0.2) is 15.0 Å². The van der Waals surface area contributed by atoms with Gasteiger partial charge in [0.25, 0.3) is 0 Å². The molecule has 3 nitrogen and oxygen atoms in total. The van der Waals surface area contributed by atoms with E-state index < -0.39 is 0 Å². The Balaban J connectivity index is 0.988. The first-order valence-corrected chi connectivity index (χ1v) is 20.4. The molecule has 9 aromatic carbocycles. The molecule has 0 radical (unpaired) electrons. The first kappa shape index (κ1) is 31.5. The summed E-state index contributed by atoms with van der Waals surface area (Å²) in [6, 6.07) is 63.3. The van der Waals surface area contributed by atoms with Gasteiger partial charge in [-0.15, -0.1) is 22.7 Å². The SMILES string of the molecule is c1ccc(-c2nc(-c3ccc4c(c3)sc3cc(-c5ccc6c7ccccc7c7ccccc7c6c5)ccc34)nc(-c3cccc4c3sc3ccccc34)n2)cc1. The number of hydrogen-bond acceptors (Lipinski definition) is 5. The Hall–Kier alpha value is -6.79. The second-order valence-electron chi connectivity index (χ2n) is 14.3. The zero-order valence-electron chi connectivity index (χ0n) is 29.9. The third-order valence-electron chi connectivity index (χ3n) is 11.1. The predicted molar refractivity (Wildman–Crippen MR) is 240 cm³/mol. The van der Waals surface area contributed by atoms with Gasteiger partial charge in [-0.2, -0.15) is 0 Å². The van der Waals surface area contributed by atoms with E-state index in [1.54, 1.807) is 11.3 Å². The maximum absolute atomic E-state index is 5.19. The van der Waals surface area contributed by atoms with E-state index in [4.69, 9.17) is 15.0 Å². The molecule has 0 amide bonds. The van der Waals surface area contributed by atoms with Crippen LogP contribution in [0.5, 0.6) is 0 Å². The van der Waals surface area contributed by atoms with Gasteiger partial charge >= 0.3 is 0 Å². The van der Waals surface area contributed by atoms with Crippen LogP contribution in [0.2, 0.25) is 0 Å². The third-order valence-corrected chi connectivity index (χ3v) is 13.5. The summed E-state index contributed by atoms with van der Waals surface area (Å²) < 4.78 is 4.92. The summed E-state index contributed by atoms with van der Waals surface area (Å²) >= 11 is 3.62. The third kappa shape index (κ3) is 4.92.